The Hall–Kier alpha value is -2.36. The molecule has 1 saturated carbocycles. The summed E-state index contributed by atoms with van der Waals surface area (Å²) in [7, 11) is 0. The van der Waals surface area contributed by atoms with Crippen molar-refractivity contribution in [1.29, 1.82) is 0 Å². The molecular formula is C19H21NO3. The first-order valence-corrected chi connectivity index (χ1v) is 8.18. The van der Waals surface area contributed by atoms with Gasteiger partial charge in [-0.1, -0.05) is 55.7 Å². The lowest BCUT2D eigenvalue weighted by Gasteiger charge is -2.22. The van der Waals surface area contributed by atoms with E-state index in [-0.39, 0.29) is 18.6 Å². The fraction of sp³-hybridized carbons (Fsp3) is 0.368. The van der Waals surface area contributed by atoms with Crippen molar-refractivity contribution >= 4 is 22.6 Å². The van der Waals surface area contributed by atoms with Crippen molar-refractivity contribution in [2.24, 2.45) is 0 Å². The number of hydrogen-bond donors (Lipinski definition) is 1. The minimum absolute atomic E-state index is 0.217. The van der Waals surface area contributed by atoms with Gasteiger partial charge in [-0.25, -0.2) is 4.79 Å². The highest BCUT2D eigenvalue weighted by Gasteiger charge is 2.17. The lowest BCUT2D eigenvalue weighted by Crippen LogP contribution is -2.38. The molecule has 4 heteroatoms. The van der Waals surface area contributed by atoms with Crippen LogP contribution in [0.1, 0.15) is 42.5 Å². The van der Waals surface area contributed by atoms with E-state index in [1.807, 2.05) is 36.4 Å². The lowest BCUT2D eigenvalue weighted by molar-refractivity contribution is -0.125. The molecule has 0 aromatic heterocycles. The summed E-state index contributed by atoms with van der Waals surface area (Å²) in [5.41, 5.74) is 0.494. The van der Waals surface area contributed by atoms with Crippen molar-refractivity contribution in [2.45, 2.75) is 38.1 Å². The summed E-state index contributed by atoms with van der Waals surface area (Å²) in [5, 5.41) is 4.77. The largest absolute Gasteiger partial charge is 0.452 e. The maximum atomic E-state index is 12.3. The molecule has 2 aromatic rings. The number of benzene rings is 2. The van der Waals surface area contributed by atoms with E-state index in [4.69, 9.17) is 4.74 Å². The minimum Gasteiger partial charge on any atom is -0.452 e. The molecular weight excluding hydrogens is 290 g/mol. The van der Waals surface area contributed by atoms with Crippen LogP contribution < -0.4 is 5.32 Å². The Morgan fingerprint density at radius 2 is 1.74 bits per heavy atom. The Bertz CT molecular complexity index is 699. The average molecular weight is 311 g/mol. The summed E-state index contributed by atoms with van der Waals surface area (Å²) in [6.45, 7) is -0.224. The average Bonchev–Trinajstić information content (AvgIpc) is 2.60. The Morgan fingerprint density at radius 3 is 2.57 bits per heavy atom. The van der Waals surface area contributed by atoms with Crippen LogP contribution in [0.25, 0.3) is 10.8 Å². The van der Waals surface area contributed by atoms with Crippen LogP contribution in [-0.4, -0.2) is 24.5 Å². The maximum Gasteiger partial charge on any atom is 0.339 e. The monoisotopic (exact) mass is 311 g/mol. The van der Waals surface area contributed by atoms with Gasteiger partial charge in [-0.15, -0.1) is 0 Å². The highest BCUT2D eigenvalue weighted by atomic mass is 16.5. The van der Waals surface area contributed by atoms with Crippen LogP contribution in [0.15, 0.2) is 42.5 Å². The molecule has 1 amide bonds. The van der Waals surface area contributed by atoms with Crippen molar-refractivity contribution in [3.05, 3.63) is 48.0 Å². The van der Waals surface area contributed by atoms with Crippen molar-refractivity contribution in [1.82, 2.24) is 5.32 Å². The molecule has 0 radical (unpaired) electrons. The Morgan fingerprint density at radius 1 is 1.00 bits per heavy atom. The third-order valence-electron chi connectivity index (χ3n) is 4.31. The molecule has 120 valence electrons. The molecule has 4 nitrogen and oxygen atoms in total. The van der Waals surface area contributed by atoms with Crippen molar-refractivity contribution in [3.8, 4) is 0 Å². The van der Waals surface area contributed by atoms with Gasteiger partial charge in [0, 0.05) is 6.04 Å². The molecule has 1 aliphatic carbocycles. The smallest absolute Gasteiger partial charge is 0.339 e. The first-order valence-electron chi connectivity index (χ1n) is 8.18. The molecule has 1 N–H and O–H groups in total. The first kappa shape index (κ1) is 15.5. The highest BCUT2D eigenvalue weighted by Crippen LogP contribution is 2.19. The van der Waals surface area contributed by atoms with Crippen LogP contribution in [0.2, 0.25) is 0 Å². The summed E-state index contributed by atoms with van der Waals surface area (Å²) >= 11 is 0. The second kappa shape index (κ2) is 7.27. The molecule has 0 unspecified atom stereocenters. The quantitative estimate of drug-likeness (QED) is 0.880. The van der Waals surface area contributed by atoms with Gasteiger partial charge >= 0.3 is 5.97 Å². The van der Waals surface area contributed by atoms with Crippen molar-refractivity contribution in [3.63, 3.8) is 0 Å². The van der Waals surface area contributed by atoms with E-state index in [9.17, 15) is 9.59 Å². The Kier molecular flexibility index (Phi) is 4.91. The van der Waals surface area contributed by atoms with E-state index >= 15 is 0 Å². The topological polar surface area (TPSA) is 55.4 Å². The molecule has 0 aliphatic heterocycles. The van der Waals surface area contributed by atoms with Crippen LogP contribution in [0.5, 0.6) is 0 Å². The number of rotatable bonds is 4. The molecule has 3 rings (SSSR count). The number of esters is 1. The van der Waals surface area contributed by atoms with Gasteiger partial charge in [-0.2, -0.15) is 0 Å². The number of hydrogen-bond acceptors (Lipinski definition) is 3. The van der Waals surface area contributed by atoms with Gasteiger partial charge in [-0.3, -0.25) is 4.79 Å². The Balaban J connectivity index is 1.59. The standard InChI is InChI=1S/C19H21NO3/c21-18(20-15-9-2-1-3-10-15)13-23-19(22)17-12-6-8-14-7-4-5-11-16(14)17/h4-8,11-12,15H,1-3,9-10,13H2,(H,20,21). The molecule has 0 spiro atoms. The fourth-order valence-electron chi connectivity index (χ4n) is 3.13. The third-order valence-corrected chi connectivity index (χ3v) is 4.31. The van der Waals surface area contributed by atoms with Crippen LogP contribution in [-0.2, 0) is 9.53 Å². The predicted octanol–water partition coefficient (Wildman–Crippen LogP) is 3.45. The summed E-state index contributed by atoms with van der Waals surface area (Å²) < 4.78 is 5.19. The number of fused-ring (bicyclic) bond motifs is 1. The molecule has 0 atom stereocenters. The van der Waals surface area contributed by atoms with Gasteiger partial charge in [0.05, 0.1) is 5.56 Å². The molecule has 0 heterocycles. The van der Waals surface area contributed by atoms with Crippen LogP contribution in [0.4, 0.5) is 0 Å². The van der Waals surface area contributed by atoms with E-state index < -0.39 is 5.97 Å². The molecule has 0 saturated heterocycles. The summed E-state index contributed by atoms with van der Waals surface area (Å²) in [6.07, 6.45) is 5.58. The first-order chi connectivity index (χ1) is 11.2. The number of carbonyl (C=O) groups excluding carboxylic acids is 2. The zero-order valence-electron chi connectivity index (χ0n) is 13.1. The van der Waals surface area contributed by atoms with Crippen molar-refractivity contribution in [2.75, 3.05) is 6.61 Å². The van der Waals surface area contributed by atoms with E-state index in [1.54, 1.807) is 6.07 Å². The van der Waals surface area contributed by atoms with E-state index in [0.717, 1.165) is 36.5 Å². The van der Waals surface area contributed by atoms with Crippen LogP contribution >= 0.6 is 0 Å². The fourth-order valence-corrected chi connectivity index (χ4v) is 3.13. The van der Waals surface area contributed by atoms with Gasteiger partial charge in [0.25, 0.3) is 5.91 Å². The lowest BCUT2D eigenvalue weighted by atomic mass is 9.95. The molecule has 2 aromatic carbocycles. The second-order valence-corrected chi connectivity index (χ2v) is 6.01. The summed E-state index contributed by atoms with van der Waals surface area (Å²) in [4.78, 5) is 24.2. The zero-order chi connectivity index (χ0) is 16.1. The van der Waals surface area contributed by atoms with Crippen LogP contribution in [0, 0.1) is 0 Å². The SMILES string of the molecule is O=C(COC(=O)c1cccc2ccccc12)NC1CCCCC1. The second-order valence-electron chi connectivity index (χ2n) is 6.01. The molecule has 1 fully saturated rings. The van der Waals surface area contributed by atoms with Crippen molar-refractivity contribution < 1.29 is 14.3 Å². The number of nitrogens with one attached hydrogen (secondary N) is 1. The van der Waals surface area contributed by atoms with E-state index in [2.05, 4.69) is 5.32 Å². The zero-order valence-corrected chi connectivity index (χ0v) is 13.1. The molecule has 23 heavy (non-hydrogen) atoms. The van der Waals surface area contributed by atoms with E-state index in [0.29, 0.717) is 5.56 Å². The normalized spacial score (nSPS) is 15.3. The molecule has 0 bridgehead atoms. The van der Waals surface area contributed by atoms with Crippen LogP contribution in [0.3, 0.4) is 0 Å². The highest BCUT2D eigenvalue weighted by molar-refractivity contribution is 6.04. The minimum atomic E-state index is -0.458. The van der Waals surface area contributed by atoms with E-state index in [1.165, 1.54) is 6.42 Å². The maximum absolute atomic E-state index is 12.3. The van der Waals surface area contributed by atoms with Gasteiger partial charge in [0.2, 0.25) is 0 Å². The van der Waals surface area contributed by atoms with Gasteiger partial charge < -0.3 is 10.1 Å². The molecule has 1 aliphatic rings. The predicted molar refractivity (Wildman–Crippen MR) is 89.2 cm³/mol. The van der Waals surface area contributed by atoms with Gasteiger partial charge in [0.1, 0.15) is 0 Å². The van der Waals surface area contributed by atoms with Gasteiger partial charge in [0.15, 0.2) is 6.61 Å². The van der Waals surface area contributed by atoms with Gasteiger partial charge in [-0.05, 0) is 29.7 Å². The third kappa shape index (κ3) is 3.89. The summed E-state index contributed by atoms with van der Waals surface area (Å²) in [5.74, 6) is -0.675. The summed E-state index contributed by atoms with van der Waals surface area (Å²) in [6, 6.07) is 13.4. The number of amides is 1. The number of carbonyl (C=O) groups is 2. The Labute approximate surface area is 135 Å². The number of ether oxygens (including phenoxy) is 1.